The number of nitrogens with one attached hydrogen (secondary N) is 1. The Kier molecular flexibility index (Phi) is 5.44. The van der Waals surface area contributed by atoms with Gasteiger partial charge in [0.1, 0.15) is 24.0 Å². The second-order valence-electron chi connectivity index (χ2n) is 6.26. The van der Waals surface area contributed by atoms with Gasteiger partial charge in [0, 0.05) is 10.4 Å². The van der Waals surface area contributed by atoms with Crippen LogP contribution in [0.2, 0.25) is 5.02 Å². The van der Waals surface area contributed by atoms with E-state index in [9.17, 15) is 4.39 Å². The number of hydrogen-bond donors (Lipinski definition) is 1. The van der Waals surface area contributed by atoms with Gasteiger partial charge in [-0.3, -0.25) is 0 Å². The SMILES string of the molecule is COc1ccc2nc(OCc3ccccc3)nc(Nc3ccc(Cl)cc3F)c2c1. The van der Waals surface area contributed by atoms with Crippen LogP contribution in [0, 0.1) is 5.82 Å². The molecule has 4 rings (SSSR count). The molecule has 1 heterocycles. The predicted octanol–water partition coefficient (Wildman–Crippen LogP) is 5.75. The maximum Gasteiger partial charge on any atom is 0.319 e. The van der Waals surface area contributed by atoms with Crippen molar-refractivity contribution in [3.8, 4) is 11.8 Å². The van der Waals surface area contributed by atoms with E-state index in [0.717, 1.165) is 5.56 Å². The lowest BCUT2D eigenvalue weighted by Gasteiger charge is -2.13. The average molecular weight is 410 g/mol. The molecule has 29 heavy (non-hydrogen) atoms. The number of aromatic nitrogens is 2. The number of methoxy groups -OCH3 is 1. The molecule has 0 unspecified atom stereocenters. The van der Waals surface area contributed by atoms with Crippen molar-refractivity contribution in [2.45, 2.75) is 6.61 Å². The highest BCUT2D eigenvalue weighted by molar-refractivity contribution is 6.30. The molecule has 1 aromatic heterocycles. The fraction of sp³-hybridized carbons (Fsp3) is 0.0909. The van der Waals surface area contributed by atoms with Crippen LogP contribution >= 0.6 is 11.6 Å². The van der Waals surface area contributed by atoms with E-state index >= 15 is 0 Å². The molecule has 0 saturated heterocycles. The first-order chi connectivity index (χ1) is 14.1. The van der Waals surface area contributed by atoms with Crippen molar-refractivity contribution < 1.29 is 13.9 Å². The molecule has 0 bridgehead atoms. The Hall–Kier alpha value is -3.38. The molecular weight excluding hydrogens is 393 g/mol. The zero-order chi connectivity index (χ0) is 20.2. The fourth-order valence-electron chi connectivity index (χ4n) is 2.81. The van der Waals surface area contributed by atoms with Gasteiger partial charge in [0.15, 0.2) is 0 Å². The van der Waals surface area contributed by atoms with Gasteiger partial charge in [-0.25, -0.2) is 4.39 Å². The van der Waals surface area contributed by atoms with E-state index in [1.807, 2.05) is 30.3 Å². The minimum atomic E-state index is -0.487. The Labute approximate surface area is 172 Å². The lowest BCUT2D eigenvalue weighted by atomic mass is 10.2. The van der Waals surface area contributed by atoms with Gasteiger partial charge in [0.25, 0.3) is 0 Å². The molecule has 0 radical (unpaired) electrons. The summed E-state index contributed by atoms with van der Waals surface area (Å²) in [6.07, 6.45) is 0. The highest BCUT2D eigenvalue weighted by atomic mass is 35.5. The molecule has 0 aliphatic heterocycles. The molecule has 4 aromatic rings. The van der Waals surface area contributed by atoms with Crippen molar-refractivity contribution in [3.63, 3.8) is 0 Å². The Morgan fingerprint density at radius 3 is 2.59 bits per heavy atom. The maximum absolute atomic E-state index is 14.3. The van der Waals surface area contributed by atoms with Crippen molar-refractivity contribution in [1.82, 2.24) is 9.97 Å². The first-order valence-corrected chi connectivity index (χ1v) is 9.25. The molecule has 0 aliphatic carbocycles. The Bertz CT molecular complexity index is 1160. The van der Waals surface area contributed by atoms with Crippen LogP contribution in [0.25, 0.3) is 10.9 Å². The summed E-state index contributed by atoms with van der Waals surface area (Å²) >= 11 is 5.85. The van der Waals surface area contributed by atoms with Gasteiger partial charge in [-0.15, -0.1) is 0 Å². The second-order valence-corrected chi connectivity index (χ2v) is 6.70. The number of ether oxygens (including phenoxy) is 2. The first-order valence-electron chi connectivity index (χ1n) is 8.87. The van der Waals surface area contributed by atoms with E-state index < -0.39 is 5.82 Å². The number of hydrogen-bond acceptors (Lipinski definition) is 5. The zero-order valence-corrected chi connectivity index (χ0v) is 16.3. The van der Waals surface area contributed by atoms with Crippen molar-refractivity contribution in [2.24, 2.45) is 0 Å². The summed E-state index contributed by atoms with van der Waals surface area (Å²) in [6.45, 7) is 0.317. The minimum absolute atomic E-state index is 0.184. The van der Waals surface area contributed by atoms with Crippen LogP contribution < -0.4 is 14.8 Å². The van der Waals surface area contributed by atoms with Gasteiger partial charge in [-0.2, -0.15) is 9.97 Å². The van der Waals surface area contributed by atoms with Crippen LogP contribution in [0.4, 0.5) is 15.9 Å². The smallest absolute Gasteiger partial charge is 0.319 e. The summed E-state index contributed by atoms with van der Waals surface area (Å²) in [7, 11) is 1.57. The Morgan fingerprint density at radius 1 is 1.00 bits per heavy atom. The lowest BCUT2D eigenvalue weighted by Crippen LogP contribution is -2.04. The molecule has 5 nitrogen and oxygen atoms in total. The molecular formula is C22H17ClFN3O2. The van der Waals surface area contributed by atoms with E-state index in [-0.39, 0.29) is 11.7 Å². The van der Waals surface area contributed by atoms with E-state index in [1.54, 1.807) is 37.4 Å². The molecule has 146 valence electrons. The van der Waals surface area contributed by atoms with E-state index in [0.29, 0.717) is 34.1 Å². The number of anilines is 2. The third kappa shape index (κ3) is 4.38. The Morgan fingerprint density at radius 2 is 1.83 bits per heavy atom. The van der Waals surface area contributed by atoms with Gasteiger partial charge >= 0.3 is 6.01 Å². The van der Waals surface area contributed by atoms with E-state index in [2.05, 4.69) is 15.3 Å². The average Bonchev–Trinajstić information content (AvgIpc) is 2.74. The molecule has 0 spiro atoms. The van der Waals surface area contributed by atoms with Crippen molar-refractivity contribution >= 4 is 34.0 Å². The second kappa shape index (κ2) is 8.32. The summed E-state index contributed by atoms with van der Waals surface area (Å²) in [5.41, 5.74) is 1.87. The predicted molar refractivity (Wildman–Crippen MR) is 112 cm³/mol. The van der Waals surface area contributed by atoms with Gasteiger partial charge in [-0.05, 0) is 42.0 Å². The molecule has 0 atom stereocenters. The molecule has 7 heteroatoms. The van der Waals surface area contributed by atoms with Crippen LogP contribution in [-0.4, -0.2) is 17.1 Å². The van der Waals surface area contributed by atoms with Gasteiger partial charge in [-0.1, -0.05) is 41.9 Å². The van der Waals surface area contributed by atoms with Crippen LogP contribution in [0.5, 0.6) is 11.8 Å². The van der Waals surface area contributed by atoms with Gasteiger partial charge in [0.05, 0.1) is 18.3 Å². The third-order valence-corrected chi connectivity index (χ3v) is 4.51. The highest BCUT2D eigenvalue weighted by Gasteiger charge is 2.13. The quantitative estimate of drug-likeness (QED) is 0.439. The molecule has 1 N–H and O–H groups in total. The minimum Gasteiger partial charge on any atom is -0.497 e. The van der Waals surface area contributed by atoms with Crippen LogP contribution in [0.3, 0.4) is 0 Å². The highest BCUT2D eigenvalue weighted by Crippen LogP contribution is 2.30. The van der Waals surface area contributed by atoms with Crippen LogP contribution in [-0.2, 0) is 6.61 Å². The van der Waals surface area contributed by atoms with Crippen molar-refractivity contribution in [1.29, 1.82) is 0 Å². The summed E-state index contributed by atoms with van der Waals surface area (Å²) in [5, 5.41) is 4.00. The van der Waals surface area contributed by atoms with E-state index in [4.69, 9.17) is 21.1 Å². The van der Waals surface area contributed by atoms with Crippen molar-refractivity contribution in [2.75, 3.05) is 12.4 Å². The zero-order valence-electron chi connectivity index (χ0n) is 15.5. The van der Waals surface area contributed by atoms with Gasteiger partial charge in [0.2, 0.25) is 0 Å². The summed E-state index contributed by atoms with van der Waals surface area (Å²) in [6, 6.07) is 19.7. The summed E-state index contributed by atoms with van der Waals surface area (Å²) in [5.74, 6) is 0.552. The number of rotatable bonds is 6. The number of benzene rings is 3. The van der Waals surface area contributed by atoms with Crippen LogP contribution in [0.15, 0.2) is 66.7 Å². The topological polar surface area (TPSA) is 56.3 Å². The number of nitrogens with zero attached hydrogens (tertiary/aromatic N) is 2. The van der Waals surface area contributed by atoms with Crippen LogP contribution in [0.1, 0.15) is 5.56 Å². The number of fused-ring (bicyclic) bond motifs is 1. The maximum atomic E-state index is 14.3. The molecule has 3 aromatic carbocycles. The fourth-order valence-corrected chi connectivity index (χ4v) is 2.97. The van der Waals surface area contributed by atoms with Gasteiger partial charge < -0.3 is 14.8 Å². The normalized spacial score (nSPS) is 10.7. The molecule has 0 amide bonds. The first kappa shape index (κ1) is 19.0. The number of halogens is 2. The standard InChI is InChI=1S/C22H17ClFN3O2/c1-28-16-8-10-19-17(12-16)21(25-20-9-7-15(23)11-18(20)24)27-22(26-19)29-13-14-5-3-2-4-6-14/h2-12H,13H2,1H3,(H,25,26,27). The summed E-state index contributed by atoms with van der Waals surface area (Å²) < 4.78 is 25.4. The Balaban J connectivity index is 1.72. The lowest BCUT2D eigenvalue weighted by molar-refractivity contribution is 0.282. The third-order valence-electron chi connectivity index (χ3n) is 4.28. The monoisotopic (exact) mass is 409 g/mol. The summed E-state index contributed by atoms with van der Waals surface area (Å²) in [4.78, 5) is 8.91. The molecule has 0 aliphatic rings. The largest absolute Gasteiger partial charge is 0.497 e. The molecule has 0 fully saturated rings. The molecule has 0 saturated carbocycles. The van der Waals surface area contributed by atoms with Crippen molar-refractivity contribution in [3.05, 3.63) is 83.1 Å². The van der Waals surface area contributed by atoms with E-state index in [1.165, 1.54) is 6.07 Å².